The van der Waals surface area contributed by atoms with Gasteiger partial charge in [-0.2, -0.15) is 0 Å². The molecule has 21 heavy (non-hydrogen) atoms. The quantitative estimate of drug-likeness (QED) is 0.859. The fourth-order valence-corrected chi connectivity index (χ4v) is 2.48. The van der Waals surface area contributed by atoms with Gasteiger partial charge >= 0.3 is 0 Å². The third-order valence-electron chi connectivity index (χ3n) is 3.16. The second kappa shape index (κ2) is 7.48. The molecule has 0 aromatic heterocycles. The zero-order valence-electron chi connectivity index (χ0n) is 12.3. The summed E-state index contributed by atoms with van der Waals surface area (Å²) in [7, 11) is 1.65. The third-order valence-corrected chi connectivity index (χ3v) is 3.93. The van der Waals surface area contributed by atoms with E-state index >= 15 is 0 Å². The van der Waals surface area contributed by atoms with Crippen LogP contribution in [0, 0.1) is 0 Å². The maximum atomic E-state index is 5.98. The summed E-state index contributed by atoms with van der Waals surface area (Å²) >= 11 is 3.53. The summed E-state index contributed by atoms with van der Waals surface area (Å²) in [6.07, 6.45) is 0.773. The topological polar surface area (TPSA) is 44.5 Å². The van der Waals surface area contributed by atoms with Crippen molar-refractivity contribution < 1.29 is 9.47 Å². The number of hydrogen-bond acceptors (Lipinski definition) is 3. The molecule has 2 aromatic rings. The third kappa shape index (κ3) is 4.48. The van der Waals surface area contributed by atoms with Crippen molar-refractivity contribution >= 4 is 15.9 Å². The minimum Gasteiger partial charge on any atom is -0.497 e. The molecule has 1 atom stereocenters. The molecule has 0 heterocycles. The average Bonchev–Trinajstić information content (AvgIpc) is 2.47. The normalized spacial score (nSPS) is 12.0. The standard InChI is InChI=1S/C17H20BrNO2/c1-12(19)9-13-7-8-15(20-2)10-17(13)21-11-14-5-3-4-6-16(14)18/h3-8,10,12H,9,11,19H2,1-2H3. The van der Waals surface area contributed by atoms with E-state index in [1.807, 2.05) is 49.4 Å². The second-order valence-electron chi connectivity index (χ2n) is 5.04. The molecule has 2 rings (SSSR count). The van der Waals surface area contributed by atoms with E-state index < -0.39 is 0 Å². The monoisotopic (exact) mass is 349 g/mol. The van der Waals surface area contributed by atoms with Gasteiger partial charge in [0.1, 0.15) is 18.1 Å². The SMILES string of the molecule is COc1ccc(CC(C)N)c(OCc2ccccc2Br)c1. The Bertz CT molecular complexity index is 599. The first-order valence-electron chi connectivity index (χ1n) is 6.89. The smallest absolute Gasteiger partial charge is 0.126 e. The molecule has 0 aliphatic rings. The van der Waals surface area contributed by atoms with E-state index in [2.05, 4.69) is 15.9 Å². The van der Waals surface area contributed by atoms with Crippen LogP contribution in [0.25, 0.3) is 0 Å². The molecule has 0 spiro atoms. The first-order valence-corrected chi connectivity index (χ1v) is 7.68. The van der Waals surface area contributed by atoms with E-state index in [9.17, 15) is 0 Å². The highest BCUT2D eigenvalue weighted by Crippen LogP contribution is 2.27. The Hall–Kier alpha value is -1.52. The van der Waals surface area contributed by atoms with Crippen molar-refractivity contribution in [1.29, 1.82) is 0 Å². The Morgan fingerprint density at radius 2 is 1.90 bits per heavy atom. The molecule has 0 fully saturated rings. The van der Waals surface area contributed by atoms with Gasteiger partial charge in [-0.1, -0.05) is 40.2 Å². The molecule has 112 valence electrons. The average molecular weight is 350 g/mol. The lowest BCUT2D eigenvalue weighted by molar-refractivity contribution is 0.299. The Labute approximate surface area is 134 Å². The lowest BCUT2D eigenvalue weighted by atomic mass is 10.1. The van der Waals surface area contributed by atoms with Crippen molar-refractivity contribution in [2.75, 3.05) is 7.11 Å². The molecule has 0 saturated heterocycles. The Balaban J connectivity index is 2.18. The summed E-state index contributed by atoms with van der Waals surface area (Å²) in [6.45, 7) is 2.49. The summed E-state index contributed by atoms with van der Waals surface area (Å²) in [5, 5.41) is 0. The fraction of sp³-hybridized carbons (Fsp3) is 0.294. The van der Waals surface area contributed by atoms with Crippen LogP contribution in [-0.4, -0.2) is 13.2 Å². The van der Waals surface area contributed by atoms with Gasteiger partial charge in [0.25, 0.3) is 0 Å². The molecular weight excluding hydrogens is 330 g/mol. The number of rotatable bonds is 6. The van der Waals surface area contributed by atoms with E-state index in [0.29, 0.717) is 6.61 Å². The number of ether oxygens (including phenoxy) is 2. The maximum Gasteiger partial charge on any atom is 0.126 e. The zero-order chi connectivity index (χ0) is 15.2. The molecular formula is C17H20BrNO2. The van der Waals surface area contributed by atoms with Crippen LogP contribution in [0.2, 0.25) is 0 Å². The van der Waals surface area contributed by atoms with Crippen molar-refractivity contribution in [1.82, 2.24) is 0 Å². The van der Waals surface area contributed by atoms with E-state index in [-0.39, 0.29) is 6.04 Å². The number of halogens is 1. The fourth-order valence-electron chi connectivity index (χ4n) is 2.08. The van der Waals surface area contributed by atoms with Crippen LogP contribution in [0.15, 0.2) is 46.9 Å². The first kappa shape index (κ1) is 15.9. The molecule has 0 amide bonds. The molecule has 4 heteroatoms. The summed E-state index contributed by atoms with van der Waals surface area (Å²) < 4.78 is 12.3. The van der Waals surface area contributed by atoms with E-state index in [0.717, 1.165) is 33.5 Å². The molecule has 2 N–H and O–H groups in total. The first-order chi connectivity index (χ1) is 10.1. The second-order valence-corrected chi connectivity index (χ2v) is 5.89. The minimum absolute atomic E-state index is 0.0872. The van der Waals surface area contributed by atoms with E-state index in [1.54, 1.807) is 7.11 Å². The summed E-state index contributed by atoms with van der Waals surface area (Å²) in [4.78, 5) is 0. The maximum absolute atomic E-state index is 5.98. The van der Waals surface area contributed by atoms with E-state index in [1.165, 1.54) is 0 Å². The van der Waals surface area contributed by atoms with Gasteiger partial charge in [-0.3, -0.25) is 0 Å². The van der Waals surface area contributed by atoms with Crippen molar-refractivity contribution in [2.24, 2.45) is 5.73 Å². The predicted octanol–water partition coefficient (Wildman–Crippen LogP) is 3.93. The van der Waals surface area contributed by atoms with Crippen molar-refractivity contribution in [3.05, 3.63) is 58.1 Å². The van der Waals surface area contributed by atoms with Gasteiger partial charge in [-0.25, -0.2) is 0 Å². The number of methoxy groups -OCH3 is 1. The molecule has 0 radical (unpaired) electrons. The Morgan fingerprint density at radius 3 is 2.57 bits per heavy atom. The van der Waals surface area contributed by atoms with Crippen molar-refractivity contribution in [3.63, 3.8) is 0 Å². The van der Waals surface area contributed by atoms with Gasteiger partial charge in [0.2, 0.25) is 0 Å². The van der Waals surface area contributed by atoms with Crippen LogP contribution >= 0.6 is 15.9 Å². The summed E-state index contributed by atoms with van der Waals surface area (Å²) in [6, 6.07) is 14.0. The van der Waals surface area contributed by atoms with Crippen LogP contribution in [0.3, 0.4) is 0 Å². The molecule has 0 aliphatic heterocycles. The van der Waals surface area contributed by atoms with Crippen LogP contribution in [0.4, 0.5) is 0 Å². The Morgan fingerprint density at radius 1 is 1.14 bits per heavy atom. The highest BCUT2D eigenvalue weighted by atomic mass is 79.9. The minimum atomic E-state index is 0.0872. The zero-order valence-corrected chi connectivity index (χ0v) is 13.9. The van der Waals surface area contributed by atoms with Gasteiger partial charge < -0.3 is 15.2 Å². The number of hydrogen-bond donors (Lipinski definition) is 1. The highest BCUT2D eigenvalue weighted by molar-refractivity contribution is 9.10. The van der Waals surface area contributed by atoms with Gasteiger partial charge in [-0.15, -0.1) is 0 Å². The molecule has 0 bridgehead atoms. The lowest BCUT2D eigenvalue weighted by Gasteiger charge is -2.15. The number of nitrogens with two attached hydrogens (primary N) is 1. The molecule has 0 saturated carbocycles. The van der Waals surface area contributed by atoms with Crippen LogP contribution in [0.5, 0.6) is 11.5 Å². The predicted molar refractivity (Wildman–Crippen MR) is 88.8 cm³/mol. The molecule has 3 nitrogen and oxygen atoms in total. The van der Waals surface area contributed by atoms with Crippen LogP contribution in [0.1, 0.15) is 18.1 Å². The Kier molecular flexibility index (Phi) is 5.65. The van der Waals surface area contributed by atoms with Crippen LogP contribution in [-0.2, 0) is 13.0 Å². The van der Waals surface area contributed by atoms with Crippen molar-refractivity contribution in [3.8, 4) is 11.5 Å². The molecule has 0 aliphatic carbocycles. The van der Waals surface area contributed by atoms with Crippen LogP contribution < -0.4 is 15.2 Å². The van der Waals surface area contributed by atoms with Gasteiger partial charge in [0.05, 0.1) is 7.11 Å². The molecule has 1 unspecified atom stereocenters. The number of benzene rings is 2. The van der Waals surface area contributed by atoms with Gasteiger partial charge in [0.15, 0.2) is 0 Å². The molecule has 2 aromatic carbocycles. The largest absolute Gasteiger partial charge is 0.497 e. The summed E-state index contributed by atoms with van der Waals surface area (Å²) in [5.74, 6) is 1.60. The van der Waals surface area contributed by atoms with Gasteiger partial charge in [0, 0.05) is 22.1 Å². The summed E-state index contributed by atoms with van der Waals surface area (Å²) in [5.41, 5.74) is 8.10. The van der Waals surface area contributed by atoms with Gasteiger partial charge in [-0.05, 0) is 31.0 Å². The lowest BCUT2D eigenvalue weighted by Crippen LogP contribution is -2.18. The van der Waals surface area contributed by atoms with Crippen molar-refractivity contribution in [2.45, 2.75) is 26.0 Å². The van der Waals surface area contributed by atoms with E-state index in [4.69, 9.17) is 15.2 Å². The highest BCUT2D eigenvalue weighted by Gasteiger charge is 2.09.